The molecule has 0 bridgehead atoms. The lowest BCUT2D eigenvalue weighted by Gasteiger charge is -2.26. The van der Waals surface area contributed by atoms with Crippen molar-refractivity contribution in [2.45, 2.75) is 65.3 Å². The van der Waals surface area contributed by atoms with Gasteiger partial charge in [-0.05, 0) is 64.9 Å². The van der Waals surface area contributed by atoms with Crippen LogP contribution >= 0.6 is 0 Å². The molecule has 0 saturated carbocycles. The van der Waals surface area contributed by atoms with Crippen molar-refractivity contribution < 1.29 is 14.7 Å². The molecule has 2 aromatic rings. The number of ether oxygens (including phenoxy) is 1. The van der Waals surface area contributed by atoms with Crippen molar-refractivity contribution in [3.8, 4) is 0 Å². The van der Waals surface area contributed by atoms with Crippen LogP contribution in [0, 0.1) is 6.92 Å². The average Bonchev–Trinajstić information content (AvgIpc) is 2.75. The van der Waals surface area contributed by atoms with Gasteiger partial charge in [-0.3, -0.25) is 10.0 Å². The lowest BCUT2D eigenvalue weighted by molar-refractivity contribution is -0.142. The normalized spacial score (nSPS) is 12.1. The minimum absolute atomic E-state index is 0.0845. The maximum atomic E-state index is 12.1. The van der Waals surface area contributed by atoms with E-state index in [1.807, 2.05) is 52.2 Å². The molecular weight excluding hydrogens is 418 g/mol. The Morgan fingerprint density at radius 2 is 1.82 bits per heavy atom. The predicted octanol–water partition coefficient (Wildman–Crippen LogP) is 3.77. The van der Waals surface area contributed by atoms with Crippen molar-refractivity contribution in [2.75, 3.05) is 38.0 Å². The average molecular weight is 458 g/mol. The van der Waals surface area contributed by atoms with Crippen molar-refractivity contribution in [1.29, 1.82) is 0 Å². The van der Waals surface area contributed by atoms with Gasteiger partial charge in [0, 0.05) is 17.7 Å². The molecule has 0 saturated heterocycles. The van der Waals surface area contributed by atoms with Gasteiger partial charge in [-0.2, -0.15) is 4.98 Å². The van der Waals surface area contributed by atoms with E-state index >= 15 is 0 Å². The number of rotatable bonds is 13. The van der Waals surface area contributed by atoms with Crippen LogP contribution in [-0.4, -0.2) is 59.3 Å². The summed E-state index contributed by atoms with van der Waals surface area (Å²) in [6.07, 6.45) is 4.46. The fraction of sp³-hybridized carbons (Fsp3) is 0.560. The molecule has 0 aliphatic rings. The first-order valence-electron chi connectivity index (χ1n) is 11.7. The number of carbonyl (C=O) groups excluding carboxylic acids is 1. The highest BCUT2D eigenvalue weighted by Gasteiger charge is 2.20. The summed E-state index contributed by atoms with van der Waals surface area (Å²) in [4.78, 5) is 22.8. The summed E-state index contributed by atoms with van der Waals surface area (Å²) in [5.74, 6) is 0.381. The van der Waals surface area contributed by atoms with Gasteiger partial charge in [-0.15, -0.1) is 0 Å². The number of aromatic nitrogens is 2. The highest BCUT2D eigenvalue weighted by atomic mass is 16.5. The Labute approximate surface area is 197 Å². The summed E-state index contributed by atoms with van der Waals surface area (Å²) >= 11 is 0. The van der Waals surface area contributed by atoms with Gasteiger partial charge >= 0.3 is 5.97 Å². The van der Waals surface area contributed by atoms with E-state index in [0.717, 1.165) is 54.6 Å². The van der Waals surface area contributed by atoms with Crippen molar-refractivity contribution >= 4 is 17.7 Å². The second kappa shape index (κ2) is 13.1. The van der Waals surface area contributed by atoms with Crippen LogP contribution in [0.3, 0.4) is 0 Å². The van der Waals surface area contributed by atoms with Crippen LogP contribution in [0.5, 0.6) is 0 Å². The van der Waals surface area contributed by atoms with Gasteiger partial charge in [-0.1, -0.05) is 37.6 Å². The fourth-order valence-electron chi connectivity index (χ4n) is 3.66. The van der Waals surface area contributed by atoms with Crippen LogP contribution in [0.2, 0.25) is 0 Å². The number of hydroxylamine groups is 1. The van der Waals surface area contributed by atoms with E-state index < -0.39 is 0 Å². The van der Waals surface area contributed by atoms with Crippen LogP contribution in [-0.2, 0) is 22.4 Å². The molecule has 2 rings (SSSR count). The molecule has 0 fully saturated rings. The summed E-state index contributed by atoms with van der Waals surface area (Å²) < 4.78 is 5.35. The van der Waals surface area contributed by atoms with Crippen LogP contribution < -0.4 is 10.8 Å². The first-order chi connectivity index (χ1) is 15.7. The molecule has 8 heteroatoms. The molecule has 1 heterocycles. The smallest absolute Gasteiger partial charge is 0.310 e. The quantitative estimate of drug-likeness (QED) is 0.266. The number of benzene rings is 1. The number of nitrogen functional groups attached to an aromatic ring is 1. The molecule has 0 spiro atoms. The number of carbonyl (C=O) groups is 1. The van der Waals surface area contributed by atoms with E-state index in [1.165, 1.54) is 5.06 Å². The molecule has 0 aliphatic heterocycles. The molecule has 0 amide bonds. The Morgan fingerprint density at radius 3 is 2.45 bits per heavy atom. The third-order valence-electron chi connectivity index (χ3n) is 5.57. The zero-order chi connectivity index (χ0) is 24.4. The van der Waals surface area contributed by atoms with Crippen molar-refractivity contribution in [1.82, 2.24) is 14.9 Å². The maximum Gasteiger partial charge on any atom is 0.310 e. The van der Waals surface area contributed by atoms with Crippen LogP contribution in [0.1, 0.15) is 61.9 Å². The second-order valence-corrected chi connectivity index (χ2v) is 8.85. The van der Waals surface area contributed by atoms with E-state index in [-0.39, 0.29) is 24.4 Å². The number of anilines is 2. The first-order valence-corrected chi connectivity index (χ1v) is 11.7. The Kier molecular flexibility index (Phi) is 10.5. The SMILES string of the molecule is CCCC(C)N(O)c1nc(N)nc(C)c1Cc1ccc(CC(=O)OCCCCN(C)C)cc1. The zero-order valence-corrected chi connectivity index (χ0v) is 20.7. The molecule has 1 aromatic carbocycles. The molecule has 0 aliphatic carbocycles. The van der Waals surface area contributed by atoms with Crippen molar-refractivity contribution in [2.24, 2.45) is 0 Å². The number of esters is 1. The maximum absolute atomic E-state index is 12.1. The zero-order valence-electron chi connectivity index (χ0n) is 20.7. The summed E-state index contributed by atoms with van der Waals surface area (Å²) in [5.41, 5.74) is 9.37. The molecule has 182 valence electrons. The van der Waals surface area contributed by atoms with Gasteiger partial charge in [0.05, 0.1) is 19.1 Å². The summed E-state index contributed by atoms with van der Waals surface area (Å²) in [5, 5.41) is 11.9. The standard InChI is InChI=1S/C25H39N5O3/c1-6-9-18(2)30(32)24-22(19(3)27-25(26)28-24)16-20-10-12-21(13-11-20)17-23(31)33-15-8-7-14-29(4)5/h10-13,18,32H,6-9,14-17H2,1-5H3,(H2,26,27,28). The van der Waals surface area contributed by atoms with Gasteiger partial charge in [0.2, 0.25) is 5.95 Å². The highest BCUT2D eigenvalue weighted by molar-refractivity contribution is 5.72. The third-order valence-corrected chi connectivity index (χ3v) is 5.57. The van der Waals surface area contributed by atoms with Crippen LogP contribution in [0.15, 0.2) is 24.3 Å². The lowest BCUT2D eigenvalue weighted by Crippen LogP contribution is -2.31. The molecule has 0 radical (unpaired) electrons. The number of nitrogens with zero attached hydrogens (tertiary/aromatic N) is 4. The minimum atomic E-state index is -0.210. The fourth-order valence-corrected chi connectivity index (χ4v) is 3.66. The Balaban J connectivity index is 2.01. The topological polar surface area (TPSA) is 105 Å². The van der Waals surface area contributed by atoms with E-state index in [1.54, 1.807) is 0 Å². The summed E-state index contributed by atoms with van der Waals surface area (Å²) in [6.45, 7) is 7.35. The molecular formula is C25H39N5O3. The van der Waals surface area contributed by atoms with E-state index in [9.17, 15) is 10.0 Å². The molecule has 1 aromatic heterocycles. The number of aryl methyl sites for hydroxylation is 1. The lowest BCUT2D eigenvalue weighted by atomic mass is 10.0. The van der Waals surface area contributed by atoms with Crippen molar-refractivity contribution in [3.05, 3.63) is 46.6 Å². The van der Waals surface area contributed by atoms with E-state index in [0.29, 0.717) is 18.8 Å². The first kappa shape index (κ1) is 26.5. The van der Waals surface area contributed by atoms with Gasteiger partial charge in [0.1, 0.15) is 0 Å². The number of hydrogen-bond acceptors (Lipinski definition) is 8. The summed E-state index contributed by atoms with van der Waals surface area (Å²) in [6, 6.07) is 7.75. The van der Waals surface area contributed by atoms with E-state index in [2.05, 4.69) is 21.8 Å². The monoisotopic (exact) mass is 457 g/mol. The van der Waals surface area contributed by atoms with Crippen LogP contribution in [0.4, 0.5) is 11.8 Å². The third kappa shape index (κ3) is 8.63. The van der Waals surface area contributed by atoms with Gasteiger partial charge in [-0.25, -0.2) is 10.0 Å². The largest absolute Gasteiger partial charge is 0.465 e. The minimum Gasteiger partial charge on any atom is -0.465 e. The molecule has 33 heavy (non-hydrogen) atoms. The summed E-state index contributed by atoms with van der Waals surface area (Å²) in [7, 11) is 4.07. The Bertz CT molecular complexity index is 886. The molecule has 3 N–H and O–H groups in total. The number of nitrogens with two attached hydrogens (primary N) is 1. The predicted molar refractivity (Wildman–Crippen MR) is 132 cm³/mol. The number of unbranched alkanes of at least 4 members (excludes halogenated alkanes) is 1. The van der Waals surface area contributed by atoms with Gasteiger partial charge < -0.3 is 15.4 Å². The van der Waals surface area contributed by atoms with Crippen molar-refractivity contribution in [3.63, 3.8) is 0 Å². The molecule has 8 nitrogen and oxygen atoms in total. The molecule has 1 unspecified atom stereocenters. The van der Waals surface area contributed by atoms with Crippen LogP contribution in [0.25, 0.3) is 0 Å². The Morgan fingerprint density at radius 1 is 1.15 bits per heavy atom. The van der Waals surface area contributed by atoms with E-state index in [4.69, 9.17) is 10.5 Å². The highest BCUT2D eigenvalue weighted by Crippen LogP contribution is 2.26. The second-order valence-electron chi connectivity index (χ2n) is 8.85. The Hall–Kier alpha value is -2.71. The van der Waals surface area contributed by atoms with Gasteiger partial charge in [0.25, 0.3) is 0 Å². The number of hydrogen-bond donors (Lipinski definition) is 2. The molecule has 1 atom stereocenters. The van der Waals surface area contributed by atoms with Gasteiger partial charge in [0.15, 0.2) is 5.82 Å².